The Hall–Kier alpha value is -4.96. The number of ketones is 1. The number of aliphatic hydroxyl groups is 2. The lowest BCUT2D eigenvalue weighted by molar-refractivity contribution is -0.346. The van der Waals surface area contributed by atoms with E-state index >= 15 is 4.79 Å². The molecule has 2 aromatic carbocycles. The van der Waals surface area contributed by atoms with Crippen molar-refractivity contribution in [1.29, 1.82) is 0 Å². The van der Waals surface area contributed by atoms with Gasteiger partial charge in [-0.2, -0.15) is 0 Å². The zero-order valence-electron chi connectivity index (χ0n) is 35.7. The average molecular weight is 848 g/mol. The number of carbonyl (C=O) groups excluding carboxylic acids is 6. The lowest BCUT2D eigenvalue weighted by atomic mass is 9.44. The molecular weight excluding hydrogens is 790 g/mol. The van der Waals surface area contributed by atoms with E-state index in [2.05, 4.69) is 0 Å². The summed E-state index contributed by atoms with van der Waals surface area (Å²) in [6.45, 7) is 10.1. The van der Waals surface area contributed by atoms with Crippen molar-refractivity contribution in [2.24, 2.45) is 22.5 Å². The van der Waals surface area contributed by atoms with Crippen molar-refractivity contribution in [2.45, 2.75) is 141 Å². The van der Waals surface area contributed by atoms with Crippen LogP contribution in [0.4, 0.5) is 0 Å². The highest BCUT2D eigenvalue weighted by molar-refractivity contribution is 5.95. The Kier molecular flexibility index (Phi) is 13.0. The SMILES string of the molecule is CCCCCC(=O)O[C@@H](C(=O)O[C@H]1C[C@@]2(O)[C@@H](OC(=O)c3ccccc3)[C@@H]3[C@]4(OC(C)=O)CO[C@@H]4C[C@H](O)[C@@]3(C)C(=O)[C@H](OC(C)=O)C(=C1C)C2(C)C)[C@@H](N)c1ccccc1. The minimum Gasteiger partial charge on any atom is -0.455 e. The Balaban J connectivity index is 1.55. The predicted molar refractivity (Wildman–Crippen MR) is 216 cm³/mol. The molecule has 3 fully saturated rings. The van der Waals surface area contributed by atoms with Gasteiger partial charge in [-0.3, -0.25) is 19.2 Å². The molecule has 1 aliphatic heterocycles. The van der Waals surface area contributed by atoms with Gasteiger partial charge in [0.15, 0.2) is 17.5 Å². The van der Waals surface area contributed by atoms with Crippen LogP contribution in [0.3, 0.4) is 0 Å². The van der Waals surface area contributed by atoms with Crippen LogP contribution in [0.2, 0.25) is 0 Å². The van der Waals surface area contributed by atoms with Gasteiger partial charge < -0.3 is 44.4 Å². The number of fused-ring (bicyclic) bond motifs is 5. The van der Waals surface area contributed by atoms with Crippen LogP contribution in [0.5, 0.6) is 0 Å². The fraction of sp³-hybridized carbons (Fsp3) is 0.565. The van der Waals surface area contributed by atoms with E-state index in [4.69, 9.17) is 34.2 Å². The number of aliphatic hydroxyl groups excluding tert-OH is 1. The van der Waals surface area contributed by atoms with Gasteiger partial charge in [0, 0.05) is 38.5 Å². The summed E-state index contributed by atoms with van der Waals surface area (Å²) in [6.07, 6.45) is -7.84. The predicted octanol–water partition coefficient (Wildman–Crippen LogP) is 4.40. The summed E-state index contributed by atoms with van der Waals surface area (Å²) < 4.78 is 36.2. The van der Waals surface area contributed by atoms with Crippen molar-refractivity contribution in [1.82, 2.24) is 0 Å². The van der Waals surface area contributed by atoms with Gasteiger partial charge in [0.2, 0.25) is 6.10 Å². The highest BCUT2D eigenvalue weighted by atomic mass is 16.6. The zero-order chi connectivity index (χ0) is 44.7. The number of unbranched alkanes of at least 4 members (excludes halogenated alkanes) is 2. The number of hydrogen-bond donors (Lipinski definition) is 3. The maximum Gasteiger partial charge on any atom is 0.350 e. The largest absolute Gasteiger partial charge is 0.455 e. The van der Waals surface area contributed by atoms with Crippen LogP contribution in [-0.4, -0.2) is 100 Å². The minimum absolute atomic E-state index is 0.0149. The number of ether oxygens (including phenoxy) is 6. The topological polar surface area (TPSA) is 224 Å². The Labute approximate surface area is 355 Å². The van der Waals surface area contributed by atoms with E-state index in [1.54, 1.807) is 69.3 Å². The molecule has 0 amide bonds. The van der Waals surface area contributed by atoms with Crippen molar-refractivity contribution in [2.75, 3.05) is 6.61 Å². The van der Waals surface area contributed by atoms with E-state index in [1.165, 1.54) is 19.1 Å². The quantitative estimate of drug-likeness (QED) is 0.110. The van der Waals surface area contributed by atoms with Crippen molar-refractivity contribution < 1.29 is 67.4 Å². The highest BCUT2D eigenvalue weighted by Gasteiger charge is 2.78. The van der Waals surface area contributed by atoms with Gasteiger partial charge in [-0.15, -0.1) is 0 Å². The third-order valence-corrected chi connectivity index (χ3v) is 13.4. The van der Waals surface area contributed by atoms with Gasteiger partial charge in [0.05, 0.1) is 35.6 Å². The van der Waals surface area contributed by atoms with E-state index < -0.39 is 113 Å². The van der Waals surface area contributed by atoms with Crippen LogP contribution in [0.15, 0.2) is 71.8 Å². The zero-order valence-corrected chi connectivity index (χ0v) is 35.7. The second-order valence-electron chi connectivity index (χ2n) is 17.5. The molecular formula is C46H57NO14. The van der Waals surface area contributed by atoms with E-state index in [9.17, 15) is 34.2 Å². The molecule has 0 radical (unpaired) electrons. The van der Waals surface area contributed by atoms with E-state index in [0.717, 1.165) is 26.7 Å². The molecule has 15 nitrogen and oxygen atoms in total. The second-order valence-corrected chi connectivity index (χ2v) is 17.5. The summed E-state index contributed by atoms with van der Waals surface area (Å²) in [5.41, 5.74) is -0.368. The van der Waals surface area contributed by atoms with Crippen LogP contribution in [0, 0.1) is 16.7 Å². The molecule has 0 aromatic heterocycles. The van der Waals surface area contributed by atoms with E-state index in [0.29, 0.717) is 12.0 Å². The molecule has 2 saturated carbocycles. The van der Waals surface area contributed by atoms with Crippen molar-refractivity contribution in [3.63, 3.8) is 0 Å². The first-order valence-electron chi connectivity index (χ1n) is 20.8. The van der Waals surface area contributed by atoms with Gasteiger partial charge in [-0.05, 0) is 49.1 Å². The standard InChI is InChI=1S/C46H57NO14/c1-8-9-12-21-33(51)59-37(35(47)28-17-13-10-14-18-28)42(54)58-30-23-46(55)40(60-41(53)29-19-15-11-16-20-29)38-44(7,31(50)22-32-45(38,24-56-32)61-27(4)49)39(52)36(57-26(3)48)34(25(30)2)43(46,5)6/h10-11,13-20,30-32,35-38,40,50,55H,8-9,12,21-24,47H2,1-7H3/t30-,31-,32+,35-,36+,37+,38-,40-,44+,45-,46+/m0/s1. The first-order chi connectivity index (χ1) is 28.7. The Bertz CT molecular complexity index is 2050. The molecule has 4 N–H and O–H groups in total. The summed E-state index contributed by atoms with van der Waals surface area (Å²) in [7, 11) is 0. The Morgan fingerprint density at radius 2 is 1.56 bits per heavy atom. The van der Waals surface area contributed by atoms with Crippen LogP contribution in [0.25, 0.3) is 0 Å². The maximum atomic E-state index is 15.5. The van der Waals surface area contributed by atoms with Gasteiger partial charge >= 0.3 is 29.8 Å². The smallest absolute Gasteiger partial charge is 0.350 e. The molecule has 61 heavy (non-hydrogen) atoms. The molecule has 330 valence electrons. The maximum absolute atomic E-state index is 15.5. The van der Waals surface area contributed by atoms with Gasteiger partial charge in [-0.1, -0.05) is 82.1 Å². The molecule has 2 bridgehead atoms. The number of benzene rings is 2. The average Bonchev–Trinajstić information content (AvgIpc) is 3.21. The summed E-state index contributed by atoms with van der Waals surface area (Å²) >= 11 is 0. The molecule has 11 atom stereocenters. The normalized spacial score (nSPS) is 32.3. The van der Waals surface area contributed by atoms with Gasteiger partial charge in [-0.25, -0.2) is 9.59 Å². The van der Waals surface area contributed by atoms with Gasteiger partial charge in [0.25, 0.3) is 0 Å². The second kappa shape index (κ2) is 17.4. The Morgan fingerprint density at radius 3 is 2.13 bits per heavy atom. The first kappa shape index (κ1) is 45.6. The minimum atomic E-state index is -2.36. The number of Topliss-reactive ketones (excluding diaryl/α,β-unsaturated/α-hetero) is 1. The molecule has 6 rings (SSSR count). The number of nitrogens with two attached hydrogens (primary N) is 1. The summed E-state index contributed by atoms with van der Waals surface area (Å²) in [5, 5.41) is 25.8. The van der Waals surface area contributed by atoms with Crippen molar-refractivity contribution in [3.8, 4) is 0 Å². The molecule has 0 unspecified atom stereocenters. The number of esters is 5. The van der Waals surface area contributed by atoms with Crippen LogP contribution in [0.1, 0.15) is 109 Å². The van der Waals surface area contributed by atoms with Crippen molar-refractivity contribution >= 4 is 35.6 Å². The van der Waals surface area contributed by atoms with Crippen LogP contribution in [-0.2, 0) is 52.4 Å². The van der Waals surface area contributed by atoms with Crippen LogP contribution >= 0.6 is 0 Å². The third-order valence-electron chi connectivity index (χ3n) is 13.4. The van der Waals surface area contributed by atoms with Crippen LogP contribution < -0.4 is 5.73 Å². The number of rotatable bonds is 13. The van der Waals surface area contributed by atoms with E-state index in [1.807, 2.05) is 6.92 Å². The lowest BCUT2D eigenvalue weighted by Gasteiger charge is -2.67. The first-order valence-corrected chi connectivity index (χ1v) is 20.8. The molecule has 1 heterocycles. The number of hydrogen-bond acceptors (Lipinski definition) is 15. The molecule has 0 spiro atoms. The highest BCUT2D eigenvalue weighted by Crippen LogP contribution is 2.64. The molecule has 2 aromatic rings. The molecule has 1 saturated heterocycles. The summed E-state index contributed by atoms with van der Waals surface area (Å²) in [5.74, 6) is -6.68. The summed E-state index contributed by atoms with van der Waals surface area (Å²) in [6, 6.07) is 15.2. The van der Waals surface area contributed by atoms with Gasteiger partial charge in [0.1, 0.15) is 23.9 Å². The molecule has 4 aliphatic rings. The number of carbonyl (C=O) groups is 6. The molecule has 15 heteroatoms. The fourth-order valence-electron chi connectivity index (χ4n) is 10.1. The monoisotopic (exact) mass is 847 g/mol. The fourth-order valence-corrected chi connectivity index (χ4v) is 10.1. The van der Waals surface area contributed by atoms with Crippen molar-refractivity contribution in [3.05, 3.63) is 82.9 Å². The molecule has 3 aliphatic carbocycles. The summed E-state index contributed by atoms with van der Waals surface area (Å²) in [4.78, 5) is 83.4. The third kappa shape index (κ3) is 8.01. The lowest BCUT2D eigenvalue weighted by Crippen LogP contribution is -2.82. The van der Waals surface area contributed by atoms with E-state index in [-0.39, 0.29) is 36.2 Å². The Morgan fingerprint density at radius 1 is 0.918 bits per heavy atom.